The molecule has 0 aliphatic carbocycles. The largest absolute Gasteiger partial charge is 0.496 e. The van der Waals surface area contributed by atoms with Gasteiger partial charge in [-0.2, -0.15) is 0 Å². The molecule has 0 spiro atoms. The van der Waals surface area contributed by atoms with Crippen molar-refractivity contribution >= 4 is 23.2 Å². The van der Waals surface area contributed by atoms with E-state index in [1.165, 1.54) is 0 Å². The third-order valence-corrected chi connectivity index (χ3v) is 4.49. The third-order valence-electron chi connectivity index (χ3n) is 4.49. The Morgan fingerprint density at radius 2 is 1.92 bits per heavy atom. The van der Waals surface area contributed by atoms with Gasteiger partial charge in [-0.05, 0) is 61.7 Å². The zero-order chi connectivity index (χ0) is 18.0. The highest BCUT2D eigenvalue weighted by molar-refractivity contribution is 6.05. The van der Waals surface area contributed by atoms with Crippen molar-refractivity contribution in [3.63, 3.8) is 0 Å². The molecule has 0 radical (unpaired) electrons. The Hall–Kier alpha value is -2.82. The molecule has 1 aliphatic rings. The van der Waals surface area contributed by atoms with Gasteiger partial charge in [-0.15, -0.1) is 0 Å². The van der Waals surface area contributed by atoms with E-state index in [1.807, 2.05) is 32.0 Å². The van der Waals surface area contributed by atoms with Gasteiger partial charge in [-0.25, -0.2) is 0 Å². The molecule has 0 bridgehead atoms. The summed E-state index contributed by atoms with van der Waals surface area (Å²) in [5.41, 5.74) is 4.04. The molecule has 2 amide bonds. The molecule has 3 rings (SSSR count). The standard InChI is InChI=1S/C20H22N2O3/c1-13-6-8-16(12-17(13)22-10-4-5-19(22)23)21-20(24)15-7-9-18(25-3)14(2)11-15/h6-9,11-12H,4-5,10H2,1-3H3,(H,21,24). The van der Waals surface area contributed by atoms with E-state index in [0.717, 1.165) is 35.5 Å². The maximum Gasteiger partial charge on any atom is 0.255 e. The summed E-state index contributed by atoms with van der Waals surface area (Å²) in [5.74, 6) is 0.701. The zero-order valence-corrected chi connectivity index (χ0v) is 14.8. The highest BCUT2D eigenvalue weighted by Gasteiger charge is 2.23. The fourth-order valence-electron chi connectivity index (χ4n) is 3.10. The number of ether oxygens (including phenoxy) is 1. The molecule has 2 aromatic rings. The Labute approximate surface area is 147 Å². The Morgan fingerprint density at radius 3 is 2.56 bits per heavy atom. The fourth-order valence-corrected chi connectivity index (χ4v) is 3.10. The first-order chi connectivity index (χ1) is 12.0. The van der Waals surface area contributed by atoms with Crippen LogP contribution in [-0.4, -0.2) is 25.5 Å². The van der Waals surface area contributed by atoms with E-state index in [0.29, 0.717) is 17.7 Å². The molecule has 0 atom stereocenters. The Balaban J connectivity index is 1.82. The van der Waals surface area contributed by atoms with Crippen molar-refractivity contribution in [1.82, 2.24) is 0 Å². The van der Waals surface area contributed by atoms with E-state index in [2.05, 4.69) is 5.32 Å². The summed E-state index contributed by atoms with van der Waals surface area (Å²) in [6.07, 6.45) is 1.46. The van der Waals surface area contributed by atoms with Crippen LogP contribution in [0.25, 0.3) is 0 Å². The van der Waals surface area contributed by atoms with E-state index < -0.39 is 0 Å². The van der Waals surface area contributed by atoms with Gasteiger partial charge in [0.05, 0.1) is 7.11 Å². The topological polar surface area (TPSA) is 58.6 Å². The van der Waals surface area contributed by atoms with E-state index in [9.17, 15) is 9.59 Å². The minimum atomic E-state index is -0.187. The molecule has 0 unspecified atom stereocenters. The number of benzene rings is 2. The summed E-state index contributed by atoms with van der Waals surface area (Å²) in [7, 11) is 1.61. The van der Waals surface area contributed by atoms with Crippen LogP contribution in [0.4, 0.5) is 11.4 Å². The number of anilines is 2. The molecular weight excluding hydrogens is 316 g/mol. The number of methoxy groups -OCH3 is 1. The molecule has 130 valence electrons. The molecule has 1 fully saturated rings. The van der Waals surface area contributed by atoms with Gasteiger partial charge in [0, 0.05) is 29.9 Å². The summed E-state index contributed by atoms with van der Waals surface area (Å²) in [6, 6.07) is 11.0. The molecule has 0 saturated carbocycles. The number of carbonyl (C=O) groups excluding carboxylic acids is 2. The van der Waals surface area contributed by atoms with Gasteiger partial charge in [0.15, 0.2) is 0 Å². The summed E-state index contributed by atoms with van der Waals surface area (Å²) < 4.78 is 5.22. The Bertz CT molecular complexity index is 830. The summed E-state index contributed by atoms with van der Waals surface area (Å²) in [4.78, 5) is 26.3. The summed E-state index contributed by atoms with van der Waals surface area (Å²) >= 11 is 0. The first kappa shape index (κ1) is 17.0. The van der Waals surface area contributed by atoms with Crippen molar-refractivity contribution in [2.24, 2.45) is 0 Å². The molecule has 1 aliphatic heterocycles. The van der Waals surface area contributed by atoms with Crippen molar-refractivity contribution in [1.29, 1.82) is 0 Å². The van der Waals surface area contributed by atoms with Crippen LogP contribution in [0.3, 0.4) is 0 Å². The predicted molar refractivity (Wildman–Crippen MR) is 98.5 cm³/mol. The van der Waals surface area contributed by atoms with Crippen molar-refractivity contribution < 1.29 is 14.3 Å². The minimum Gasteiger partial charge on any atom is -0.496 e. The molecule has 2 aromatic carbocycles. The van der Waals surface area contributed by atoms with Gasteiger partial charge in [-0.3, -0.25) is 9.59 Å². The Kier molecular flexibility index (Phi) is 4.74. The molecular formula is C20H22N2O3. The zero-order valence-electron chi connectivity index (χ0n) is 14.8. The van der Waals surface area contributed by atoms with E-state index in [1.54, 1.807) is 30.2 Å². The number of rotatable bonds is 4. The van der Waals surface area contributed by atoms with Gasteiger partial charge in [0.1, 0.15) is 5.75 Å². The predicted octanol–water partition coefficient (Wildman–Crippen LogP) is 3.69. The van der Waals surface area contributed by atoms with Crippen molar-refractivity contribution in [2.45, 2.75) is 26.7 Å². The average Bonchev–Trinajstić information content (AvgIpc) is 3.02. The number of nitrogens with zero attached hydrogens (tertiary/aromatic N) is 1. The van der Waals surface area contributed by atoms with Gasteiger partial charge in [-0.1, -0.05) is 6.07 Å². The van der Waals surface area contributed by atoms with Gasteiger partial charge >= 0.3 is 0 Å². The second-order valence-corrected chi connectivity index (χ2v) is 6.29. The van der Waals surface area contributed by atoms with Crippen LogP contribution in [0.1, 0.15) is 34.3 Å². The van der Waals surface area contributed by atoms with Crippen LogP contribution in [0.2, 0.25) is 0 Å². The van der Waals surface area contributed by atoms with E-state index >= 15 is 0 Å². The number of hydrogen-bond donors (Lipinski definition) is 1. The lowest BCUT2D eigenvalue weighted by Crippen LogP contribution is -2.24. The van der Waals surface area contributed by atoms with Crippen LogP contribution in [0, 0.1) is 13.8 Å². The molecule has 5 heteroatoms. The van der Waals surface area contributed by atoms with Gasteiger partial charge in [0.25, 0.3) is 5.91 Å². The molecule has 5 nitrogen and oxygen atoms in total. The van der Waals surface area contributed by atoms with E-state index in [4.69, 9.17) is 4.74 Å². The van der Waals surface area contributed by atoms with Crippen molar-refractivity contribution in [3.05, 3.63) is 53.1 Å². The number of nitrogens with one attached hydrogen (secondary N) is 1. The number of amides is 2. The second kappa shape index (κ2) is 6.97. The summed E-state index contributed by atoms with van der Waals surface area (Å²) in [5, 5.41) is 2.91. The monoisotopic (exact) mass is 338 g/mol. The van der Waals surface area contributed by atoms with Crippen LogP contribution in [0.5, 0.6) is 5.75 Å². The lowest BCUT2D eigenvalue weighted by Gasteiger charge is -2.19. The quantitative estimate of drug-likeness (QED) is 0.925. The first-order valence-corrected chi connectivity index (χ1v) is 8.36. The van der Waals surface area contributed by atoms with Crippen molar-refractivity contribution in [2.75, 3.05) is 23.9 Å². The normalized spacial score (nSPS) is 13.9. The van der Waals surface area contributed by atoms with Crippen molar-refractivity contribution in [3.8, 4) is 5.75 Å². The maximum atomic E-state index is 12.5. The maximum absolute atomic E-state index is 12.5. The van der Waals surface area contributed by atoms with Crippen LogP contribution in [-0.2, 0) is 4.79 Å². The van der Waals surface area contributed by atoms with E-state index in [-0.39, 0.29) is 11.8 Å². The van der Waals surface area contributed by atoms with Crippen LogP contribution in [0.15, 0.2) is 36.4 Å². The molecule has 0 aromatic heterocycles. The average molecular weight is 338 g/mol. The number of hydrogen-bond acceptors (Lipinski definition) is 3. The molecule has 1 N–H and O–H groups in total. The highest BCUT2D eigenvalue weighted by Crippen LogP contribution is 2.28. The van der Waals surface area contributed by atoms with Crippen LogP contribution < -0.4 is 15.0 Å². The number of carbonyl (C=O) groups is 2. The lowest BCUT2D eigenvalue weighted by molar-refractivity contribution is -0.117. The Morgan fingerprint density at radius 1 is 1.12 bits per heavy atom. The molecule has 25 heavy (non-hydrogen) atoms. The van der Waals surface area contributed by atoms with Gasteiger partial charge < -0.3 is 15.0 Å². The molecule has 1 heterocycles. The lowest BCUT2D eigenvalue weighted by atomic mass is 10.1. The van der Waals surface area contributed by atoms with Crippen LogP contribution >= 0.6 is 0 Å². The number of aryl methyl sites for hydroxylation is 2. The smallest absolute Gasteiger partial charge is 0.255 e. The fraction of sp³-hybridized carbons (Fsp3) is 0.300. The van der Waals surface area contributed by atoms with Gasteiger partial charge in [0.2, 0.25) is 5.91 Å². The first-order valence-electron chi connectivity index (χ1n) is 8.36. The SMILES string of the molecule is COc1ccc(C(=O)Nc2ccc(C)c(N3CCCC3=O)c2)cc1C. The minimum absolute atomic E-state index is 0.136. The highest BCUT2D eigenvalue weighted by atomic mass is 16.5. The second-order valence-electron chi connectivity index (χ2n) is 6.29. The molecule has 1 saturated heterocycles. The summed E-state index contributed by atoms with van der Waals surface area (Å²) in [6.45, 7) is 4.60. The third kappa shape index (κ3) is 3.50.